The first kappa shape index (κ1) is 15.5. The monoisotopic (exact) mass is 310 g/mol. The largest absolute Gasteiger partial charge is 0.377 e. The lowest BCUT2D eigenvalue weighted by Gasteiger charge is -2.56. The summed E-state index contributed by atoms with van der Waals surface area (Å²) in [6, 6.07) is 0. The molecule has 0 bridgehead atoms. The van der Waals surface area contributed by atoms with Gasteiger partial charge in [-0.15, -0.1) is 6.42 Å². The second kappa shape index (κ2) is 5.25. The zero-order valence-electron chi connectivity index (χ0n) is 14.5. The number of rotatable bonds is 1. The summed E-state index contributed by atoms with van der Waals surface area (Å²) >= 11 is 0. The highest BCUT2D eigenvalue weighted by Crippen LogP contribution is 2.67. The standard InChI is InChI=1S/C22H30O/c1-4-21-14-15(3)20-17-9-7-6-8-16(17)10-11-18(20)19(21)12-13-22(21,23)5-2/h2,8,17-20,23H,3-4,6-7,9-14H2,1H3. The van der Waals surface area contributed by atoms with Crippen molar-refractivity contribution < 1.29 is 5.11 Å². The highest BCUT2D eigenvalue weighted by Gasteiger charge is 2.64. The Balaban J connectivity index is 1.74. The summed E-state index contributed by atoms with van der Waals surface area (Å²) in [5, 5.41) is 11.2. The molecule has 0 aliphatic heterocycles. The van der Waals surface area contributed by atoms with Gasteiger partial charge in [-0.3, -0.25) is 0 Å². The summed E-state index contributed by atoms with van der Waals surface area (Å²) in [4.78, 5) is 0. The molecular weight excluding hydrogens is 280 g/mol. The molecule has 0 aromatic carbocycles. The van der Waals surface area contributed by atoms with Crippen LogP contribution in [0.5, 0.6) is 0 Å². The van der Waals surface area contributed by atoms with Crippen LogP contribution in [0.3, 0.4) is 0 Å². The Morgan fingerprint density at radius 1 is 1.39 bits per heavy atom. The molecule has 124 valence electrons. The Morgan fingerprint density at radius 3 is 2.96 bits per heavy atom. The fraction of sp³-hybridized carbons (Fsp3) is 0.727. The van der Waals surface area contributed by atoms with Crippen LogP contribution in [0.15, 0.2) is 23.8 Å². The third kappa shape index (κ3) is 1.91. The van der Waals surface area contributed by atoms with E-state index in [1.165, 1.54) is 37.7 Å². The predicted octanol–water partition coefficient (Wildman–Crippen LogP) is 4.87. The molecule has 0 aromatic rings. The summed E-state index contributed by atoms with van der Waals surface area (Å²) < 4.78 is 0. The van der Waals surface area contributed by atoms with Crippen molar-refractivity contribution in [2.24, 2.45) is 29.1 Å². The molecule has 0 aromatic heterocycles. The molecule has 4 rings (SSSR count). The molecule has 3 saturated carbocycles. The molecule has 0 spiro atoms. The highest BCUT2D eigenvalue weighted by atomic mass is 16.3. The normalized spacial score (nSPS) is 48.7. The van der Waals surface area contributed by atoms with Crippen molar-refractivity contribution in [2.45, 2.75) is 70.3 Å². The molecule has 23 heavy (non-hydrogen) atoms. The van der Waals surface area contributed by atoms with Gasteiger partial charge in [0.05, 0.1) is 0 Å². The number of allylic oxidation sites excluding steroid dienone is 3. The minimum absolute atomic E-state index is 0.115. The molecular formula is C22H30O. The van der Waals surface area contributed by atoms with Crippen molar-refractivity contribution in [1.29, 1.82) is 0 Å². The first-order valence-corrected chi connectivity index (χ1v) is 9.63. The molecule has 1 N–H and O–H groups in total. The van der Waals surface area contributed by atoms with Crippen molar-refractivity contribution in [2.75, 3.05) is 0 Å². The van der Waals surface area contributed by atoms with Crippen LogP contribution in [0.1, 0.15) is 64.7 Å². The molecule has 6 atom stereocenters. The van der Waals surface area contributed by atoms with Crippen LogP contribution in [0, 0.1) is 41.4 Å². The maximum atomic E-state index is 11.2. The van der Waals surface area contributed by atoms with E-state index in [-0.39, 0.29) is 5.41 Å². The van der Waals surface area contributed by atoms with Crippen LogP contribution in [-0.2, 0) is 0 Å². The predicted molar refractivity (Wildman–Crippen MR) is 94.6 cm³/mol. The van der Waals surface area contributed by atoms with Crippen molar-refractivity contribution >= 4 is 0 Å². The minimum Gasteiger partial charge on any atom is -0.377 e. The van der Waals surface area contributed by atoms with Crippen molar-refractivity contribution in [3.63, 3.8) is 0 Å². The Morgan fingerprint density at radius 2 is 2.22 bits per heavy atom. The second-order valence-corrected chi connectivity index (χ2v) is 8.54. The van der Waals surface area contributed by atoms with E-state index in [1.54, 1.807) is 5.57 Å². The van der Waals surface area contributed by atoms with Crippen LogP contribution < -0.4 is 0 Å². The summed E-state index contributed by atoms with van der Waals surface area (Å²) in [6.45, 7) is 6.76. The number of hydrogen-bond acceptors (Lipinski definition) is 1. The first-order chi connectivity index (χ1) is 11.1. The fourth-order valence-corrected chi connectivity index (χ4v) is 7.03. The van der Waals surface area contributed by atoms with Crippen molar-refractivity contribution in [1.82, 2.24) is 0 Å². The zero-order chi connectivity index (χ0) is 16.2. The van der Waals surface area contributed by atoms with Gasteiger partial charge < -0.3 is 5.11 Å². The molecule has 1 heteroatoms. The van der Waals surface area contributed by atoms with Crippen molar-refractivity contribution in [3.05, 3.63) is 23.8 Å². The molecule has 0 amide bonds. The molecule has 0 radical (unpaired) electrons. The van der Waals surface area contributed by atoms with Gasteiger partial charge >= 0.3 is 0 Å². The zero-order valence-corrected chi connectivity index (χ0v) is 14.5. The van der Waals surface area contributed by atoms with Gasteiger partial charge in [-0.05, 0) is 81.5 Å². The molecule has 6 unspecified atom stereocenters. The summed E-state index contributed by atoms with van der Waals surface area (Å²) in [5.41, 5.74) is 2.08. The van der Waals surface area contributed by atoms with Crippen LogP contribution in [-0.4, -0.2) is 10.7 Å². The third-order valence-corrected chi connectivity index (χ3v) is 8.01. The van der Waals surface area contributed by atoms with Gasteiger partial charge in [-0.1, -0.05) is 36.6 Å². The average molecular weight is 310 g/mol. The van der Waals surface area contributed by atoms with Crippen LogP contribution in [0.4, 0.5) is 0 Å². The first-order valence-electron chi connectivity index (χ1n) is 9.63. The Bertz CT molecular complexity index is 594. The Hall–Kier alpha value is -1.00. The Labute approximate surface area is 141 Å². The molecule has 1 nitrogen and oxygen atoms in total. The van der Waals surface area contributed by atoms with Crippen LogP contribution in [0.25, 0.3) is 0 Å². The van der Waals surface area contributed by atoms with Crippen LogP contribution in [0.2, 0.25) is 0 Å². The number of hydrogen-bond donors (Lipinski definition) is 1. The van der Waals surface area contributed by atoms with E-state index in [0.29, 0.717) is 17.8 Å². The third-order valence-electron chi connectivity index (χ3n) is 8.01. The molecule has 3 fully saturated rings. The summed E-state index contributed by atoms with van der Waals surface area (Å²) in [5.74, 6) is 5.48. The molecule has 4 aliphatic rings. The topological polar surface area (TPSA) is 20.2 Å². The summed E-state index contributed by atoms with van der Waals surface area (Å²) in [7, 11) is 0. The van der Waals surface area contributed by atoms with Gasteiger partial charge in [-0.2, -0.15) is 0 Å². The maximum absolute atomic E-state index is 11.2. The lowest BCUT2D eigenvalue weighted by atomic mass is 9.48. The van der Waals surface area contributed by atoms with Gasteiger partial charge in [0.15, 0.2) is 0 Å². The summed E-state index contributed by atoms with van der Waals surface area (Å²) in [6.07, 6.45) is 18.6. The van der Waals surface area contributed by atoms with Crippen LogP contribution >= 0.6 is 0 Å². The lowest BCUT2D eigenvalue weighted by Crippen LogP contribution is -2.54. The molecule has 0 heterocycles. The lowest BCUT2D eigenvalue weighted by molar-refractivity contribution is -0.0788. The van der Waals surface area contributed by atoms with E-state index in [4.69, 9.17) is 6.42 Å². The van der Waals surface area contributed by atoms with E-state index in [9.17, 15) is 5.11 Å². The highest BCUT2D eigenvalue weighted by molar-refractivity contribution is 5.32. The van der Waals surface area contributed by atoms with Gasteiger partial charge in [0.1, 0.15) is 5.60 Å². The van der Waals surface area contributed by atoms with Gasteiger partial charge in [-0.25, -0.2) is 0 Å². The van der Waals surface area contributed by atoms with Gasteiger partial charge in [0.2, 0.25) is 0 Å². The number of aliphatic hydroxyl groups is 1. The van der Waals surface area contributed by atoms with Gasteiger partial charge in [0, 0.05) is 5.41 Å². The Kier molecular flexibility index (Phi) is 3.54. The number of terminal acetylenes is 1. The smallest absolute Gasteiger partial charge is 0.131 e. The van der Waals surface area contributed by atoms with E-state index in [2.05, 4.69) is 25.5 Å². The van der Waals surface area contributed by atoms with Gasteiger partial charge in [0.25, 0.3) is 0 Å². The fourth-order valence-electron chi connectivity index (χ4n) is 7.03. The van der Waals surface area contributed by atoms with E-state index >= 15 is 0 Å². The minimum atomic E-state index is -0.914. The maximum Gasteiger partial charge on any atom is 0.131 e. The van der Waals surface area contributed by atoms with Crippen molar-refractivity contribution in [3.8, 4) is 12.3 Å². The van der Waals surface area contributed by atoms with E-state index < -0.39 is 5.60 Å². The second-order valence-electron chi connectivity index (χ2n) is 8.54. The average Bonchev–Trinajstić information content (AvgIpc) is 2.88. The van der Waals surface area contributed by atoms with E-state index in [0.717, 1.165) is 31.6 Å². The van der Waals surface area contributed by atoms with E-state index in [1.807, 2.05) is 0 Å². The molecule has 0 saturated heterocycles. The SMILES string of the molecule is C#CC1(O)CCC2C3CCC4=CCCCC4C3C(=C)CC21CC. The number of fused-ring (bicyclic) bond motifs is 5. The molecule has 4 aliphatic carbocycles. The quantitative estimate of drug-likeness (QED) is 0.541.